The molecule has 1 aromatic heterocycles. The molecular formula is C26H29N3O2. The van der Waals surface area contributed by atoms with Crippen LogP contribution in [0.1, 0.15) is 54.7 Å². The van der Waals surface area contributed by atoms with Gasteiger partial charge >= 0.3 is 0 Å². The Hall–Kier alpha value is -3.47. The average Bonchev–Trinajstić information content (AvgIpc) is 3.12. The zero-order valence-electron chi connectivity index (χ0n) is 19.0. The van der Waals surface area contributed by atoms with Gasteiger partial charge in [0.15, 0.2) is 5.78 Å². The fraction of sp³-hybridized carbons (Fsp3) is 0.269. The molecule has 0 amide bonds. The Morgan fingerprint density at radius 2 is 1.52 bits per heavy atom. The van der Waals surface area contributed by atoms with E-state index in [0.717, 1.165) is 33.3 Å². The van der Waals surface area contributed by atoms with Crippen LogP contribution in [0.15, 0.2) is 60.7 Å². The predicted molar refractivity (Wildman–Crippen MR) is 125 cm³/mol. The van der Waals surface area contributed by atoms with Crippen molar-refractivity contribution >= 4 is 16.8 Å². The van der Waals surface area contributed by atoms with E-state index in [1.807, 2.05) is 74.5 Å². The topological polar surface area (TPSA) is 68.0 Å². The Kier molecular flexibility index (Phi) is 6.25. The maximum atomic E-state index is 10.7. The first-order valence-corrected chi connectivity index (χ1v) is 10.3. The summed E-state index contributed by atoms with van der Waals surface area (Å²) in [6, 6.07) is 19.1. The van der Waals surface area contributed by atoms with E-state index in [4.69, 9.17) is 0 Å². The van der Waals surface area contributed by atoms with Crippen LogP contribution in [0.2, 0.25) is 0 Å². The van der Waals surface area contributed by atoms with Gasteiger partial charge in [0.25, 0.3) is 0 Å². The van der Waals surface area contributed by atoms with Crippen molar-refractivity contribution in [2.75, 3.05) is 0 Å². The minimum atomic E-state index is -0.145. The minimum Gasteiger partial charge on any atom is -0.505 e. The van der Waals surface area contributed by atoms with Gasteiger partial charge in [-0.3, -0.25) is 4.79 Å². The zero-order chi connectivity index (χ0) is 22.8. The first-order valence-electron chi connectivity index (χ1n) is 10.3. The lowest BCUT2D eigenvalue weighted by Crippen LogP contribution is -2.13. The molecule has 5 nitrogen and oxygen atoms in total. The summed E-state index contributed by atoms with van der Waals surface area (Å²) in [4.78, 5) is 12.2. The van der Waals surface area contributed by atoms with E-state index >= 15 is 0 Å². The van der Waals surface area contributed by atoms with E-state index in [1.165, 1.54) is 4.80 Å². The zero-order valence-corrected chi connectivity index (χ0v) is 19.0. The van der Waals surface area contributed by atoms with Crippen molar-refractivity contribution in [1.29, 1.82) is 0 Å². The van der Waals surface area contributed by atoms with Gasteiger partial charge in [0.1, 0.15) is 22.5 Å². The molecule has 3 aromatic carbocycles. The molecule has 0 saturated carbocycles. The minimum absolute atomic E-state index is 0.121. The molecule has 31 heavy (non-hydrogen) atoms. The third-order valence-electron chi connectivity index (χ3n) is 4.97. The molecule has 0 aliphatic carbocycles. The fourth-order valence-corrected chi connectivity index (χ4v) is 3.29. The number of carbonyl (C=O) groups is 1. The number of phenols is 1. The molecule has 0 bridgehead atoms. The molecular weight excluding hydrogens is 386 g/mol. The molecule has 0 aliphatic heterocycles. The van der Waals surface area contributed by atoms with Crippen molar-refractivity contribution in [3.63, 3.8) is 0 Å². The third-order valence-corrected chi connectivity index (χ3v) is 4.97. The van der Waals surface area contributed by atoms with Crippen LogP contribution in [0.4, 0.5) is 0 Å². The number of hydrogen-bond donors (Lipinski definition) is 1. The summed E-state index contributed by atoms with van der Waals surface area (Å²) >= 11 is 0. The smallest absolute Gasteiger partial charge is 0.159 e. The highest BCUT2D eigenvalue weighted by Gasteiger charge is 2.22. The molecule has 1 heterocycles. The highest BCUT2D eigenvalue weighted by molar-refractivity contribution is 5.93. The van der Waals surface area contributed by atoms with E-state index in [-0.39, 0.29) is 16.9 Å². The maximum absolute atomic E-state index is 10.7. The molecule has 5 heteroatoms. The van der Waals surface area contributed by atoms with Gasteiger partial charge in [-0.2, -0.15) is 0 Å². The van der Waals surface area contributed by atoms with Gasteiger partial charge in [-0.05, 0) is 55.5 Å². The second kappa shape index (κ2) is 8.72. The average molecular weight is 416 g/mol. The predicted octanol–water partition coefficient (Wildman–Crippen LogP) is 5.93. The van der Waals surface area contributed by atoms with Crippen LogP contribution in [0.5, 0.6) is 5.75 Å². The largest absolute Gasteiger partial charge is 0.505 e. The van der Waals surface area contributed by atoms with Crippen molar-refractivity contribution in [2.24, 2.45) is 0 Å². The second-order valence-electron chi connectivity index (χ2n) is 8.83. The first kappa shape index (κ1) is 22.2. The second-order valence-corrected chi connectivity index (χ2v) is 8.83. The summed E-state index contributed by atoms with van der Waals surface area (Å²) in [5.41, 5.74) is 6.03. The number of aryl methyl sites for hydroxylation is 2. The Morgan fingerprint density at radius 3 is 2.10 bits per heavy atom. The number of ketones is 1. The number of carbonyl (C=O) groups excluding carboxylic acids is 1. The molecule has 0 radical (unpaired) electrons. The summed E-state index contributed by atoms with van der Waals surface area (Å²) in [7, 11) is 0. The van der Waals surface area contributed by atoms with Crippen molar-refractivity contribution in [2.45, 2.75) is 47.0 Å². The van der Waals surface area contributed by atoms with Gasteiger partial charge in [0.2, 0.25) is 0 Å². The van der Waals surface area contributed by atoms with Crippen molar-refractivity contribution in [1.82, 2.24) is 15.0 Å². The number of aromatic nitrogens is 3. The van der Waals surface area contributed by atoms with Crippen LogP contribution in [0, 0.1) is 13.8 Å². The molecule has 4 aromatic rings. The fourth-order valence-electron chi connectivity index (χ4n) is 3.29. The Morgan fingerprint density at radius 1 is 0.871 bits per heavy atom. The van der Waals surface area contributed by atoms with Crippen LogP contribution < -0.4 is 0 Å². The van der Waals surface area contributed by atoms with E-state index < -0.39 is 0 Å². The van der Waals surface area contributed by atoms with Gasteiger partial charge in [0, 0.05) is 11.1 Å². The van der Waals surface area contributed by atoms with E-state index in [1.54, 1.807) is 6.92 Å². The molecule has 0 aliphatic rings. The standard InChI is InChI=1S/C18H21N3O.C8H8O/c1-11-6-7-14-15(9-11)20-21(19-14)16-10-12(2)8-13(17(16)22)18(3,4)5;1-7(9)8-5-3-2-4-6-8/h6-10,22H,1-5H3;2-6H,1H3. The highest BCUT2D eigenvalue weighted by Crippen LogP contribution is 2.36. The maximum Gasteiger partial charge on any atom is 0.159 e. The number of rotatable bonds is 2. The number of benzene rings is 3. The molecule has 0 fully saturated rings. The number of aromatic hydroxyl groups is 1. The first-order chi connectivity index (χ1) is 14.6. The van der Waals surface area contributed by atoms with Gasteiger partial charge in [0.05, 0.1) is 0 Å². The number of nitrogens with zero attached hydrogens (tertiary/aromatic N) is 3. The lowest BCUT2D eigenvalue weighted by Gasteiger charge is -2.22. The molecule has 4 rings (SSSR count). The monoisotopic (exact) mass is 415 g/mol. The van der Waals surface area contributed by atoms with Crippen molar-refractivity contribution in [3.8, 4) is 11.4 Å². The number of Topliss-reactive ketones (excluding diaryl/α,β-unsaturated/α-hetero) is 1. The summed E-state index contributed by atoms with van der Waals surface area (Å²) in [5.74, 6) is 0.366. The van der Waals surface area contributed by atoms with E-state index in [2.05, 4.69) is 31.0 Å². The summed E-state index contributed by atoms with van der Waals surface area (Å²) in [6.45, 7) is 11.9. The Bertz CT molecular complexity index is 1220. The van der Waals surface area contributed by atoms with Crippen LogP contribution in [-0.2, 0) is 5.41 Å². The molecule has 0 unspecified atom stereocenters. The van der Waals surface area contributed by atoms with Crippen molar-refractivity contribution < 1.29 is 9.90 Å². The van der Waals surface area contributed by atoms with Gasteiger partial charge in [-0.15, -0.1) is 15.0 Å². The summed E-state index contributed by atoms with van der Waals surface area (Å²) in [6.07, 6.45) is 0. The Balaban J connectivity index is 0.000000254. The van der Waals surface area contributed by atoms with Crippen molar-refractivity contribution in [3.05, 3.63) is 82.9 Å². The quantitative estimate of drug-likeness (QED) is 0.412. The number of fused-ring (bicyclic) bond motifs is 1. The van der Waals surface area contributed by atoms with Gasteiger partial charge in [-0.1, -0.05) is 63.2 Å². The molecule has 0 atom stereocenters. The van der Waals surface area contributed by atoms with Crippen LogP contribution in [0.3, 0.4) is 0 Å². The van der Waals surface area contributed by atoms with Crippen LogP contribution in [0.25, 0.3) is 16.7 Å². The van der Waals surface area contributed by atoms with Gasteiger partial charge < -0.3 is 5.11 Å². The number of hydrogen-bond acceptors (Lipinski definition) is 4. The summed E-state index contributed by atoms with van der Waals surface area (Å²) < 4.78 is 0. The molecule has 160 valence electrons. The highest BCUT2D eigenvalue weighted by atomic mass is 16.3. The lowest BCUT2D eigenvalue weighted by molar-refractivity contribution is 0.101. The number of phenolic OH excluding ortho intramolecular Hbond substituents is 1. The third kappa shape index (κ3) is 5.18. The van der Waals surface area contributed by atoms with E-state index in [0.29, 0.717) is 5.69 Å². The SMILES string of the molecule is CC(=O)c1ccccc1.Cc1cc(-n2nc3ccc(C)cc3n2)c(O)c(C(C)(C)C)c1. The van der Waals surface area contributed by atoms with Gasteiger partial charge in [-0.25, -0.2) is 0 Å². The molecule has 1 N–H and O–H groups in total. The molecule has 0 saturated heterocycles. The van der Waals surface area contributed by atoms with Crippen LogP contribution >= 0.6 is 0 Å². The van der Waals surface area contributed by atoms with E-state index in [9.17, 15) is 9.90 Å². The molecule has 0 spiro atoms. The Labute approximate surface area is 183 Å². The van der Waals surface area contributed by atoms with Crippen LogP contribution in [-0.4, -0.2) is 25.9 Å². The summed E-state index contributed by atoms with van der Waals surface area (Å²) in [5, 5.41) is 19.7. The lowest BCUT2D eigenvalue weighted by atomic mass is 9.85. The normalized spacial score (nSPS) is 11.2.